The van der Waals surface area contributed by atoms with Gasteiger partial charge in [-0.05, 0) is 11.8 Å². The zero-order valence-corrected chi connectivity index (χ0v) is 12.9. The van der Waals surface area contributed by atoms with E-state index in [4.69, 9.17) is 0 Å². The lowest BCUT2D eigenvalue weighted by Crippen LogP contribution is -2.32. The Hall–Kier alpha value is -1.85. The molecular formula is C14H24N4O2. The average molecular weight is 280 g/mol. The Labute approximate surface area is 120 Å². The normalized spacial score (nSPS) is 10.9. The molecule has 0 saturated carbocycles. The van der Waals surface area contributed by atoms with E-state index in [-0.39, 0.29) is 10.6 Å². The quantitative estimate of drug-likeness (QED) is 0.613. The van der Waals surface area contributed by atoms with Crippen molar-refractivity contribution in [3.05, 3.63) is 22.2 Å². The first kappa shape index (κ1) is 16.2. The largest absolute Gasteiger partial charge is 0.373 e. The van der Waals surface area contributed by atoms with Gasteiger partial charge in [0.2, 0.25) is 0 Å². The van der Waals surface area contributed by atoms with Crippen LogP contribution in [-0.2, 0) is 0 Å². The molecule has 1 aromatic rings. The number of aromatic nitrogens is 1. The highest BCUT2D eigenvalue weighted by molar-refractivity contribution is 5.55. The van der Waals surface area contributed by atoms with Crippen LogP contribution in [-0.4, -0.2) is 30.0 Å². The molecule has 0 atom stereocenters. The highest BCUT2D eigenvalue weighted by atomic mass is 16.6. The second-order valence-electron chi connectivity index (χ2n) is 5.77. The molecule has 1 N–H and O–H groups in total. The Morgan fingerprint density at radius 1 is 1.25 bits per heavy atom. The topological polar surface area (TPSA) is 71.3 Å². The Bertz CT molecular complexity index is 450. The van der Waals surface area contributed by atoms with Crippen molar-refractivity contribution in [3.8, 4) is 0 Å². The van der Waals surface area contributed by atoms with E-state index in [1.165, 1.54) is 6.07 Å². The summed E-state index contributed by atoms with van der Waals surface area (Å²) in [5.41, 5.74) is 0.0665. The third-order valence-corrected chi connectivity index (χ3v) is 2.76. The van der Waals surface area contributed by atoms with Gasteiger partial charge in [-0.1, -0.05) is 27.7 Å². The van der Waals surface area contributed by atoms with Gasteiger partial charge >= 0.3 is 0 Å². The van der Waals surface area contributed by atoms with Gasteiger partial charge in [0.15, 0.2) is 0 Å². The Morgan fingerprint density at radius 3 is 2.20 bits per heavy atom. The number of nitrogens with zero attached hydrogens (tertiary/aromatic N) is 3. The maximum absolute atomic E-state index is 11.0. The molecule has 20 heavy (non-hydrogen) atoms. The summed E-state index contributed by atoms with van der Waals surface area (Å²) in [5.74, 6) is 2.11. The minimum absolute atomic E-state index is 0.0665. The lowest BCUT2D eigenvalue weighted by atomic mass is 10.1. The summed E-state index contributed by atoms with van der Waals surface area (Å²) in [6, 6.07) is 3.00. The van der Waals surface area contributed by atoms with Crippen LogP contribution in [0.4, 0.5) is 17.3 Å². The third kappa shape index (κ3) is 4.68. The second kappa shape index (κ2) is 7.07. The predicted octanol–water partition coefficient (Wildman–Crippen LogP) is 3.15. The van der Waals surface area contributed by atoms with Crippen molar-refractivity contribution in [2.24, 2.45) is 11.8 Å². The van der Waals surface area contributed by atoms with Crippen LogP contribution in [0, 0.1) is 22.0 Å². The minimum Gasteiger partial charge on any atom is -0.373 e. The Kier molecular flexibility index (Phi) is 5.73. The predicted molar refractivity (Wildman–Crippen MR) is 82.3 cm³/mol. The maximum atomic E-state index is 11.0. The molecule has 0 unspecified atom stereocenters. The van der Waals surface area contributed by atoms with Crippen LogP contribution >= 0.6 is 0 Å². The molecule has 0 amide bonds. The van der Waals surface area contributed by atoms with Gasteiger partial charge in [-0.2, -0.15) is 0 Å². The van der Waals surface area contributed by atoms with Crippen LogP contribution in [0.25, 0.3) is 0 Å². The number of hydrogen-bond acceptors (Lipinski definition) is 5. The summed E-state index contributed by atoms with van der Waals surface area (Å²) >= 11 is 0. The van der Waals surface area contributed by atoms with Crippen molar-refractivity contribution in [3.63, 3.8) is 0 Å². The maximum Gasteiger partial charge on any atom is 0.276 e. The summed E-state index contributed by atoms with van der Waals surface area (Å²) in [5, 5.41) is 13.9. The third-order valence-electron chi connectivity index (χ3n) is 2.76. The molecule has 112 valence electrons. The number of hydrogen-bond donors (Lipinski definition) is 1. The van der Waals surface area contributed by atoms with Crippen LogP contribution in [0.2, 0.25) is 0 Å². The van der Waals surface area contributed by atoms with Crippen LogP contribution in [0.3, 0.4) is 0 Å². The molecule has 0 saturated heterocycles. The fourth-order valence-corrected chi connectivity index (χ4v) is 2.04. The van der Waals surface area contributed by atoms with Gasteiger partial charge in [0.1, 0.15) is 11.6 Å². The van der Waals surface area contributed by atoms with Crippen LogP contribution in [0.1, 0.15) is 27.7 Å². The number of pyridine rings is 1. The fraction of sp³-hybridized carbons (Fsp3) is 0.643. The molecule has 0 aliphatic heterocycles. The van der Waals surface area contributed by atoms with Crippen LogP contribution in [0.15, 0.2) is 12.1 Å². The van der Waals surface area contributed by atoms with Gasteiger partial charge in [0.25, 0.3) is 5.69 Å². The van der Waals surface area contributed by atoms with Crippen LogP contribution in [0.5, 0.6) is 0 Å². The minimum atomic E-state index is -0.380. The molecule has 0 fully saturated rings. The molecule has 1 rings (SSSR count). The SMILES string of the molecule is CNc1cc([N+](=O)[O-])cc(N(CC(C)C)CC(C)C)n1. The Morgan fingerprint density at radius 2 is 1.80 bits per heavy atom. The highest BCUT2D eigenvalue weighted by Crippen LogP contribution is 2.24. The van der Waals surface area contributed by atoms with E-state index in [0.717, 1.165) is 13.1 Å². The van der Waals surface area contributed by atoms with Crippen molar-refractivity contribution in [1.29, 1.82) is 0 Å². The van der Waals surface area contributed by atoms with Crippen molar-refractivity contribution >= 4 is 17.3 Å². The van der Waals surface area contributed by atoms with Gasteiger partial charge in [-0.3, -0.25) is 10.1 Å². The van der Waals surface area contributed by atoms with E-state index in [0.29, 0.717) is 23.5 Å². The zero-order valence-electron chi connectivity index (χ0n) is 12.9. The monoisotopic (exact) mass is 280 g/mol. The first-order valence-corrected chi connectivity index (χ1v) is 6.92. The number of rotatable bonds is 7. The summed E-state index contributed by atoms with van der Waals surface area (Å²) in [6.07, 6.45) is 0. The molecule has 1 heterocycles. The van der Waals surface area contributed by atoms with Crippen molar-refractivity contribution in [2.45, 2.75) is 27.7 Å². The lowest BCUT2D eigenvalue weighted by molar-refractivity contribution is -0.384. The molecule has 0 aromatic carbocycles. The van der Waals surface area contributed by atoms with Crippen LogP contribution < -0.4 is 10.2 Å². The zero-order chi connectivity index (χ0) is 15.3. The molecule has 6 nitrogen and oxygen atoms in total. The first-order valence-electron chi connectivity index (χ1n) is 6.92. The van der Waals surface area contributed by atoms with E-state index in [9.17, 15) is 10.1 Å². The van der Waals surface area contributed by atoms with Gasteiger partial charge in [0.05, 0.1) is 17.1 Å². The summed E-state index contributed by atoms with van der Waals surface area (Å²) in [6.45, 7) is 10.2. The molecule has 0 spiro atoms. The van der Waals surface area contributed by atoms with Gasteiger partial charge in [-0.25, -0.2) is 4.98 Å². The molecule has 6 heteroatoms. The van der Waals surface area contributed by atoms with E-state index in [2.05, 4.69) is 42.9 Å². The molecule has 0 aliphatic carbocycles. The molecular weight excluding hydrogens is 256 g/mol. The van der Waals surface area contributed by atoms with Gasteiger partial charge in [0, 0.05) is 20.1 Å². The first-order chi connectivity index (χ1) is 9.33. The van der Waals surface area contributed by atoms with E-state index < -0.39 is 0 Å². The second-order valence-corrected chi connectivity index (χ2v) is 5.77. The molecule has 0 aliphatic rings. The molecule has 0 radical (unpaired) electrons. The number of anilines is 2. The number of nitro groups is 1. The summed E-state index contributed by atoms with van der Waals surface area (Å²) < 4.78 is 0. The van der Waals surface area contributed by atoms with E-state index in [1.807, 2.05) is 0 Å². The Balaban J connectivity index is 3.16. The standard InChI is InChI=1S/C14H24N4O2/c1-10(2)8-17(9-11(3)4)14-7-12(18(19)20)6-13(15-5)16-14/h6-7,10-11H,8-9H2,1-5H3,(H,15,16). The highest BCUT2D eigenvalue weighted by Gasteiger charge is 2.17. The average Bonchev–Trinajstić information content (AvgIpc) is 2.36. The van der Waals surface area contributed by atoms with E-state index in [1.54, 1.807) is 13.1 Å². The summed E-state index contributed by atoms with van der Waals surface area (Å²) in [7, 11) is 1.71. The fourth-order valence-electron chi connectivity index (χ4n) is 2.04. The van der Waals surface area contributed by atoms with Crippen molar-refractivity contribution in [2.75, 3.05) is 30.4 Å². The molecule has 1 aromatic heterocycles. The van der Waals surface area contributed by atoms with E-state index >= 15 is 0 Å². The number of nitrogens with one attached hydrogen (secondary N) is 1. The van der Waals surface area contributed by atoms with Crippen molar-refractivity contribution in [1.82, 2.24) is 4.98 Å². The van der Waals surface area contributed by atoms with Gasteiger partial charge < -0.3 is 10.2 Å². The lowest BCUT2D eigenvalue weighted by Gasteiger charge is -2.27. The summed E-state index contributed by atoms with van der Waals surface area (Å²) in [4.78, 5) is 17.2. The smallest absolute Gasteiger partial charge is 0.276 e. The molecule has 0 bridgehead atoms. The van der Waals surface area contributed by atoms with Crippen molar-refractivity contribution < 1.29 is 4.92 Å². The van der Waals surface area contributed by atoms with Gasteiger partial charge in [-0.15, -0.1) is 0 Å².